The Kier molecular flexibility index (Phi) is 3.23. The first-order chi connectivity index (χ1) is 11.2. The van der Waals surface area contributed by atoms with Crippen LogP contribution < -0.4 is 4.74 Å². The smallest absolute Gasteiger partial charge is 0.326 e. The van der Waals surface area contributed by atoms with Crippen LogP contribution >= 0.6 is 11.7 Å². The molecule has 0 saturated heterocycles. The van der Waals surface area contributed by atoms with E-state index < -0.39 is 0 Å². The Hall–Kier alpha value is -2.87. The third-order valence-corrected chi connectivity index (χ3v) is 3.60. The number of hydrogen-bond donors (Lipinski definition) is 0. The number of rotatable bonds is 3. The molecule has 4 rings (SSSR count). The Morgan fingerprint density at radius 3 is 2.61 bits per heavy atom. The van der Waals surface area contributed by atoms with Crippen molar-refractivity contribution >= 4 is 23.0 Å². The zero-order valence-electron chi connectivity index (χ0n) is 12.3. The van der Waals surface area contributed by atoms with Gasteiger partial charge in [-0.05, 0) is 26.0 Å². The molecule has 0 aliphatic rings. The van der Waals surface area contributed by atoms with Gasteiger partial charge in [0.2, 0.25) is 5.89 Å². The third kappa shape index (κ3) is 2.76. The first kappa shape index (κ1) is 13.8. The Morgan fingerprint density at radius 1 is 1.04 bits per heavy atom. The van der Waals surface area contributed by atoms with Gasteiger partial charge in [0.15, 0.2) is 0 Å². The maximum absolute atomic E-state index is 5.75. The summed E-state index contributed by atoms with van der Waals surface area (Å²) < 4.78 is 19.0. The lowest BCUT2D eigenvalue weighted by molar-refractivity contribution is 0.428. The van der Waals surface area contributed by atoms with Gasteiger partial charge in [-0.3, -0.25) is 0 Å². The number of aryl methyl sites for hydroxylation is 2. The van der Waals surface area contributed by atoms with Crippen molar-refractivity contribution in [2.45, 2.75) is 13.8 Å². The molecule has 4 aromatic rings. The lowest BCUT2D eigenvalue weighted by Gasteiger charge is -2.00. The lowest BCUT2D eigenvalue weighted by Crippen LogP contribution is -1.91. The number of ether oxygens (including phenoxy) is 1. The van der Waals surface area contributed by atoms with Crippen LogP contribution in [0.15, 0.2) is 35.0 Å². The van der Waals surface area contributed by atoms with Gasteiger partial charge in [-0.1, -0.05) is 17.2 Å². The molecule has 0 fully saturated rings. The molecule has 0 N–H and O–H groups in total. The molecular weight excluding hydrogens is 314 g/mol. The quantitative estimate of drug-likeness (QED) is 0.569. The highest BCUT2D eigenvalue weighted by Crippen LogP contribution is 2.26. The maximum Gasteiger partial charge on any atom is 0.326 e. The first-order valence-corrected chi connectivity index (χ1v) is 7.58. The summed E-state index contributed by atoms with van der Waals surface area (Å²) in [5, 5.41) is 0. The van der Waals surface area contributed by atoms with Crippen molar-refractivity contribution in [1.82, 2.24) is 23.7 Å². The average molecular weight is 325 g/mol. The van der Waals surface area contributed by atoms with E-state index in [1.165, 1.54) is 6.20 Å². The van der Waals surface area contributed by atoms with Gasteiger partial charge in [-0.2, -0.15) is 9.36 Å². The summed E-state index contributed by atoms with van der Waals surface area (Å²) in [7, 11) is 0. The van der Waals surface area contributed by atoms with E-state index in [9.17, 15) is 0 Å². The summed E-state index contributed by atoms with van der Waals surface area (Å²) in [6, 6.07) is 6.28. The second-order valence-electron chi connectivity index (χ2n) is 5.09. The molecule has 114 valence electrons. The summed E-state index contributed by atoms with van der Waals surface area (Å²) in [4.78, 5) is 12.8. The summed E-state index contributed by atoms with van der Waals surface area (Å²) in [6.07, 6.45) is 3.06. The number of aromatic nitrogens is 5. The minimum atomic E-state index is 0.147. The van der Waals surface area contributed by atoms with Gasteiger partial charge in [0.25, 0.3) is 11.6 Å². The first-order valence-electron chi connectivity index (χ1n) is 6.85. The highest BCUT2D eigenvalue weighted by molar-refractivity contribution is 6.99. The number of oxazole rings is 1. The second-order valence-corrected chi connectivity index (χ2v) is 5.64. The lowest BCUT2D eigenvalue weighted by atomic mass is 10.1. The number of fused-ring (bicyclic) bond motifs is 1. The van der Waals surface area contributed by atoms with Gasteiger partial charge in [-0.25, -0.2) is 9.97 Å². The van der Waals surface area contributed by atoms with Gasteiger partial charge in [-0.15, -0.1) is 4.37 Å². The molecule has 0 atom stereocenters. The Balaban J connectivity index is 1.72. The van der Waals surface area contributed by atoms with Gasteiger partial charge in [0.1, 0.15) is 11.7 Å². The van der Waals surface area contributed by atoms with E-state index in [2.05, 4.69) is 29.8 Å². The maximum atomic E-state index is 5.75. The van der Waals surface area contributed by atoms with Crippen LogP contribution in [0.25, 0.3) is 22.7 Å². The SMILES string of the molecule is Cc1cc(C)cc(-c2nc3cnc(Oc4cnsn4)nc3o2)c1. The fourth-order valence-electron chi connectivity index (χ4n) is 2.29. The molecule has 3 aromatic heterocycles. The molecule has 0 radical (unpaired) electrons. The molecule has 0 spiro atoms. The van der Waals surface area contributed by atoms with E-state index >= 15 is 0 Å². The van der Waals surface area contributed by atoms with E-state index in [1.807, 2.05) is 26.0 Å². The molecule has 8 heteroatoms. The molecule has 0 saturated carbocycles. The van der Waals surface area contributed by atoms with E-state index in [0.29, 0.717) is 23.0 Å². The average Bonchev–Trinajstić information content (AvgIpc) is 3.15. The summed E-state index contributed by atoms with van der Waals surface area (Å²) in [5.41, 5.74) is 4.14. The number of nitrogens with zero attached hydrogens (tertiary/aromatic N) is 5. The van der Waals surface area contributed by atoms with Gasteiger partial charge < -0.3 is 9.15 Å². The number of hydrogen-bond acceptors (Lipinski definition) is 8. The van der Waals surface area contributed by atoms with Crippen molar-refractivity contribution in [2.24, 2.45) is 0 Å². The molecule has 1 aromatic carbocycles. The van der Waals surface area contributed by atoms with E-state index in [0.717, 1.165) is 28.4 Å². The molecule has 0 amide bonds. The fraction of sp³-hybridized carbons (Fsp3) is 0.133. The molecular formula is C15H11N5O2S. The Morgan fingerprint density at radius 2 is 1.87 bits per heavy atom. The Labute approximate surface area is 135 Å². The van der Waals surface area contributed by atoms with Crippen molar-refractivity contribution in [1.29, 1.82) is 0 Å². The Bertz CT molecular complexity index is 961. The highest BCUT2D eigenvalue weighted by Gasteiger charge is 2.13. The van der Waals surface area contributed by atoms with E-state index in [4.69, 9.17) is 9.15 Å². The predicted octanol–water partition coefficient (Wildman–Crippen LogP) is 3.55. The van der Waals surface area contributed by atoms with Gasteiger partial charge >= 0.3 is 6.01 Å². The van der Waals surface area contributed by atoms with Crippen LogP contribution in [0.5, 0.6) is 11.9 Å². The van der Waals surface area contributed by atoms with Gasteiger partial charge in [0.05, 0.1) is 17.9 Å². The van der Waals surface area contributed by atoms with Crippen LogP contribution in [0.2, 0.25) is 0 Å². The highest BCUT2D eigenvalue weighted by atomic mass is 32.1. The minimum absolute atomic E-state index is 0.147. The van der Waals surface area contributed by atoms with Crippen LogP contribution in [0.1, 0.15) is 11.1 Å². The molecule has 0 bridgehead atoms. The van der Waals surface area contributed by atoms with E-state index in [-0.39, 0.29) is 6.01 Å². The van der Waals surface area contributed by atoms with E-state index in [1.54, 1.807) is 6.20 Å². The molecule has 0 unspecified atom stereocenters. The van der Waals surface area contributed by atoms with Crippen LogP contribution in [-0.4, -0.2) is 23.7 Å². The summed E-state index contributed by atoms with van der Waals surface area (Å²) in [6.45, 7) is 4.07. The standard InChI is InChI=1S/C15H11N5O2S/c1-8-3-9(2)5-10(4-8)13-18-11-6-16-15(19-14(11)22-13)21-12-7-17-23-20-12/h3-7H,1-2H3. The zero-order chi connectivity index (χ0) is 15.8. The zero-order valence-corrected chi connectivity index (χ0v) is 13.2. The second kappa shape index (κ2) is 5.40. The minimum Gasteiger partial charge on any atom is -0.417 e. The molecule has 0 aliphatic heterocycles. The predicted molar refractivity (Wildman–Crippen MR) is 84.5 cm³/mol. The van der Waals surface area contributed by atoms with Crippen molar-refractivity contribution < 1.29 is 9.15 Å². The molecule has 23 heavy (non-hydrogen) atoms. The van der Waals surface area contributed by atoms with Crippen LogP contribution in [0, 0.1) is 13.8 Å². The molecule has 3 heterocycles. The largest absolute Gasteiger partial charge is 0.417 e. The van der Waals surface area contributed by atoms with Crippen molar-refractivity contribution in [3.63, 3.8) is 0 Å². The third-order valence-electron chi connectivity index (χ3n) is 3.13. The van der Waals surface area contributed by atoms with Gasteiger partial charge in [0, 0.05) is 5.56 Å². The van der Waals surface area contributed by atoms with Crippen LogP contribution in [0.3, 0.4) is 0 Å². The van der Waals surface area contributed by atoms with Crippen molar-refractivity contribution in [3.05, 3.63) is 41.7 Å². The summed E-state index contributed by atoms with van der Waals surface area (Å²) in [5.74, 6) is 0.858. The normalized spacial score (nSPS) is 11.0. The van der Waals surface area contributed by atoms with Crippen molar-refractivity contribution in [2.75, 3.05) is 0 Å². The monoisotopic (exact) mass is 325 g/mol. The van der Waals surface area contributed by atoms with Crippen LogP contribution in [-0.2, 0) is 0 Å². The topological polar surface area (TPSA) is 86.8 Å². The van der Waals surface area contributed by atoms with Crippen molar-refractivity contribution in [3.8, 4) is 23.3 Å². The molecule has 0 aliphatic carbocycles. The summed E-state index contributed by atoms with van der Waals surface area (Å²) >= 11 is 1.05. The molecule has 7 nitrogen and oxygen atoms in total. The van der Waals surface area contributed by atoms with Crippen LogP contribution in [0.4, 0.5) is 0 Å². The fourth-order valence-corrected chi connectivity index (χ4v) is 2.63. The number of benzene rings is 1.